The van der Waals surface area contributed by atoms with Gasteiger partial charge < -0.3 is 9.64 Å². The summed E-state index contributed by atoms with van der Waals surface area (Å²) < 4.78 is 5.89. The summed E-state index contributed by atoms with van der Waals surface area (Å²) in [6, 6.07) is 18.2. The first-order valence-electron chi connectivity index (χ1n) is 9.16. The molecule has 0 fully saturated rings. The minimum Gasteiger partial charge on any atom is -0.380 e. The van der Waals surface area contributed by atoms with Crippen molar-refractivity contribution in [1.29, 1.82) is 0 Å². The second kappa shape index (κ2) is 6.70. The van der Waals surface area contributed by atoms with Crippen molar-refractivity contribution in [2.45, 2.75) is 24.7 Å². The predicted octanol–water partition coefficient (Wildman–Crippen LogP) is 4.25. The van der Waals surface area contributed by atoms with Crippen LogP contribution < -0.4 is 0 Å². The number of benzene rings is 2. The molecule has 0 N–H and O–H groups in total. The van der Waals surface area contributed by atoms with E-state index in [4.69, 9.17) is 4.74 Å². The fraction of sp³-hybridized carbons (Fsp3) is 0.455. The number of likely N-dealkylation sites (N-methyl/N-ethyl adjacent to an activating group) is 1. The molecule has 1 atom stereocenters. The smallest absolute Gasteiger partial charge is 0.0593 e. The van der Waals surface area contributed by atoms with Crippen LogP contribution in [0.15, 0.2) is 48.5 Å². The standard InChI is InChI=1S/C22H27NO/c1-23(2)12-14-24-13-11-16-15-21-17-7-3-5-9-19(17)22(16)20-10-6-4-8-18(20)21/h3-10,16,21-22H,11-15H2,1-2H3. The van der Waals surface area contributed by atoms with Crippen molar-refractivity contribution in [1.82, 2.24) is 4.90 Å². The minimum absolute atomic E-state index is 0.555. The van der Waals surface area contributed by atoms with Crippen molar-refractivity contribution in [2.75, 3.05) is 33.9 Å². The van der Waals surface area contributed by atoms with Crippen LogP contribution >= 0.6 is 0 Å². The molecule has 5 rings (SSSR count). The number of rotatable bonds is 6. The molecule has 0 aliphatic heterocycles. The second-order valence-corrected chi connectivity index (χ2v) is 7.49. The van der Waals surface area contributed by atoms with Crippen LogP contribution in [0.1, 0.15) is 46.9 Å². The molecular weight excluding hydrogens is 294 g/mol. The van der Waals surface area contributed by atoms with Gasteiger partial charge in [-0.15, -0.1) is 0 Å². The van der Waals surface area contributed by atoms with Crippen LogP contribution in [0.2, 0.25) is 0 Å². The van der Waals surface area contributed by atoms with Gasteiger partial charge >= 0.3 is 0 Å². The Bertz CT molecular complexity index is 661. The normalized spacial score (nSPS) is 24.0. The molecule has 0 saturated heterocycles. The third-order valence-electron chi connectivity index (χ3n) is 5.74. The maximum Gasteiger partial charge on any atom is 0.0593 e. The van der Waals surface area contributed by atoms with Gasteiger partial charge in [-0.2, -0.15) is 0 Å². The summed E-state index contributed by atoms with van der Waals surface area (Å²) >= 11 is 0. The Labute approximate surface area is 145 Å². The number of hydrogen-bond acceptors (Lipinski definition) is 2. The molecule has 2 bridgehead atoms. The molecule has 1 unspecified atom stereocenters. The lowest BCUT2D eigenvalue weighted by molar-refractivity contribution is 0.0996. The van der Waals surface area contributed by atoms with Crippen molar-refractivity contribution in [3.05, 3.63) is 70.8 Å². The Morgan fingerprint density at radius 3 is 2.04 bits per heavy atom. The van der Waals surface area contributed by atoms with E-state index in [0.29, 0.717) is 17.8 Å². The van der Waals surface area contributed by atoms with Crippen LogP contribution in [0.4, 0.5) is 0 Å². The molecule has 0 radical (unpaired) electrons. The quantitative estimate of drug-likeness (QED) is 0.737. The molecule has 0 aromatic heterocycles. The first-order valence-corrected chi connectivity index (χ1v) is 9.16. The van der Waals surface area contributed by atoms with Gasteiger partial charge in [0.1, 0.15) is 0 Å². The number of nitrogens with zero attached hydrogens (tertiary/aromatic N) is 1. The Morgan fingerprint density at radius 2 is 1.46 bits per heavy atom. The van der Waals surface area contributed by atoms with E-state index in [1.165, 1.54) is 6.42 Å². The highest BCUT2D eigenvalue weighted by atomic mass is 16.5. The molecule has 3 aliphatic carbocycles. The molecule has 0 saturated carbocycles. The molecule has 2 heteroatoms. The van der Waals surface area contributed by atoms with E-state index in [2.05, 4.69) is 67.5 Å². The van der Waals surface area contributed by atoms with Crippen molar-refractivity contribution < 1.29 is 4.74 Å². The zero-order chi connectivity index (χ0) is 16.5. The van der Waals surface area contributed by atoms with E-state index < -0.39 is 0 Å². The molecule has 2 nitrogen and oxygen atoms in total. The van der Waals surface area contributed by atoms with E-state index >= 15 is 0 Å². The van der Waals surface area contributed by atoms with Crippen LogP contribution in [-0.2, 0) is 4.74 Å². The lowest BCUT2D eigenvalue weighted by Crippen LogP contribution is -2.32. The van der Waals surface area contributed by atoms with Crippen LogP contribution in [0.25, 0.3) is 0 Å². The van der Waals surface area contributed by atoms with Gasteiger partial charge in [-0.05, 0) is 55.1 Å². The highest BCUT2D eigenvalue weighted by molar-refractivity contribution is 5.55. The van der Waals surface area contributed by atoms with Gasteiger partial charge in [0.25, 0.3) is 0 Å². The number of ether oxygens (including phenoxy) is 1. The van der Waals surface area contributed by atoms with E-state index in [1.807, 2.05) is 0 Å². The lowest BCUT2D eigenvalue weighted by atomic mass is 9.58. The monoisotopic (exact) mass is 321 g/mol. The number of fused-ring (bicyclic) bond motifs is 1. The van der Waals surface area contributed by atoms with Crippen molar-refractivity contribution in [3.8, 4) is 0 Å². The molecule has 2 aromatic carbocycles. The first kappa shape index (κ1) is 15.9. The lowest BCUT2D eigenvalue weighted by Gasteiger charge is -2.45. The summed E-state index contributed by atoms with van der Waals surface area (Å²) in [5.74, 6) is 1.84. The van der Waals surface area contributed by atoms with E-state index in [9.17, 15) is 0 Å². The van der Waals surface area contributed by atoms with Gasteiger partial charge in [0.2, 0.25) is 0 Å². The Morgan fingerprint density at radius 1 is 0.875 bits per heavy atom. The van der Waals surface area contributed by atoms with E-state index in [0.717, 1.165) is 26.2 Å². The molecule has 3 aliphatic rings. The summed E-state index contributed by atoms with van der Waals surface area (Å²) in [7, 11) is 4.19. The minimum atomic E-state index is 0.555. The van der Waals surface area contributed by atoms with Gasteiger partial charge in [0, 0.05) is 25.0 Å². The molecule has 0 heterocycles. The summed E-state index contributed by atoms with van der Waals surface area (Å²) in [5, 5.41) is 0. The highest BCUT2D eigenvalue weighted by Gasteiger charge is 2.42. The zero-order valence-corrected chi connectivity index (χ0v) is 14.7. The molecule has 2 aromatic rings. The van der Waals surface area contributed by atoms with Gasteiger partial charge in [-0.1, -0.05) is 48.5 Å². The fourth-order valence-electron chi connectivity index (χ4n) is 4.63. The highest BCUT2D eigenvalue weighted by Crippen LogP contribution is 2.56. The molecule has 126 valence electrons. The van der Waals surface area contributed by atoms with Crippen molar-refractivity contribution in [3.63, 3.8) is 0 Å². The molecule has 24 heavy (non-hydrogen) atoms. The third kappa shape index (κ3) is 2.78. The first-order chi connectivity index (χ1) is 11.8. The summed E-state index contributed by atoms with van der Waals surface area (Å²) in [6.45, 7) is 2.72. The maximum atomic E-state index is 5.89. The van der Waals surface area contributed by atoms with Crippen molar-refractivity contribution in [2.24, 2.45) is 5.92 Å². The van der Waals surface area contributed by atoms with Gasteiger partial charge in [-0.25, -0.2) is 0 Å². The molecule has 0 spiro atoms. The molecular formula is C22H27NO. The summed E-state index contributed by atoms with van der Waals surface area (Å²) in [6.07, 6.45) is 2.44. The van der Waals surface area contributed by atoms with Crippen LogP contribution in [0.5, 0.6) is 0 Å². The van der Waals surface area contributed by atoms with E-state index in [-0.39, 0.29) is 0 Å². The topological polar surface area (TPSA) is 12.5 Å². The van der Waals surface area contributed by atoms with Gasteiger partial charge in [-0.3, -0.25) is 0 Å². The van der Waals surface area contributed by atoms with Crippen LogP contribution in [0.3, 0.4) is 0 Å². The second-order valence-electron chi connectivity index (χ2n) is 7.49. The van der Waals surface area contributed by atoms with Gasteiger partial charge in [0.05, 0.1) is 6.61 Å². The maximum absolute atomic E-state index is 5.89. The third-order valence-corrected chi connectivity index (χ3v) is 5.74. The summed E-state index contributed by atoms with van der Waals surface area (Å²) in [5.41, 5.74) is 6.24. The van der Waals surface area contributed by atoms with Gasteiger partial charge in [0.15, 0.2) is 0 Å². The fourth-order valence-corrected chi connectivity index (χ4v) is 4.63. The van der Waals surface area contributed by atoms with Crippen LogP contribution in [0, 0.1) is 5.92 Å². The SMILES string of the molecule is CN(C)CCOCCC1CC2c3ccccc3C1c1ccccc12. The van der Waals surface area contributed by atoms with E-state index in [1.54, 1.807) is 22.3 Å². The zero-order valence-electron chi connectivity index (χ0n) is 14.7. The largest absolute Gasteiger partial charge is 0.380 e. The van der Waals surface area contributed by atoms with Crippen LogP contribution in [-0.4, -0.2) is 38.8 Å². The average molecular weight is 321 g/mol. The summed E-state index contributed by atoms with van der Waals surface area (Å²) in [4.78, 5) is 2.18. The van der Waals surface area contributed by atoms with Crippen molar-refractivity contribution >= 4 is 0 Å². The molecule has 0 amide bonds. The Hall–Kier alpha value is -1.64. The predicted molar refractivity (Wildman–Crippen MR) is 98.7 cm³/mol. The Kier molecular flexibility index (Phi) is 4.43. The number of hydrogen-bond donors (Lipinski definition) is 0. The Balaban J connectivity index is 1.53. The average Bonchev–Trinajstić information content (AvgIpc) is 2.61.